The Bertz CT molecular complexity index is 227. The predicted molar refractivity (Wildman–Crippen MR) is 70.8 cm³/mol. The Morgan fingerprint density at radius 3 is 2.69 bits per heavy atom. The molecule has 0 aromatic rings. The maximum atomic E-state index is 4.03. The standard InChI is InChI=1S/C13H27N3/c1-11(2)9-12(14-3)13-10-15(4)7-6-8-16(13)5/h12-14H,1,6-10H2,2-5H3. The summed E-state index contributed by atoms with van der Waals surface area (Å²) in [6.45, 7) is 9.71. The molecule has 1 aliphatic rings. The molecule has 2 unspecified atom stereocenters. The van der Waals surface area contributed by atoms with E-state index in [1.54, 1.807) is 0 Å². The van der Waals surface area contributed by atoms with Crippen LogP contribution >= 0.6 is 0 Å². The zero-order valence-electron chi connectivity index (χ0n) is 11.3. The summed E-state index contributed by atoms with van der Waals surface area (Å²) in [7, 11) is 6.53. The second-order valence-electron chi connectivity index (χ2n) is 5.22. The highest BCUT2D eigenvalue weighted by Gasteiger charge is 2.27. The molecular weight excluding hydrogens is 198 g/mol. The minimum absolute atomic E-state index is 0.517. The van der Waals surface area contributed by atoms with Crippen LogP contribution < -0.4 is 5.32 Å². The van der Waals surface area contributed by atoms with Gasteiger partial charge in [0.2, 0.25) is 0 Å². The molecule has 0 aliphatic carbocycles. The number of nitrogens with one attached hydrogen (secondary N) is 1. The van der Waals surface area contributed by atoms with Crippen molar-refractivity contribution in [3.8, 4) is 0 Å². The summed E-state index contributed by atoms with van der Waals surface area (Å²) in [5, 5.41) is 3.45. The first-order valence-corrected chi connectivity index (χ1v) is 6.25. The summed E-state index contributed by atoms with van der Waals surface area (Å²) in [6, 6.07) is 1.11. The van der Waals surface area contributed by atoms with E-state index in [0.717, 1.165) is 13.0 Å². The molecule has 16 heavy (non-hydrogen) atoms. The van der Waals surface area contributed by atoms with Crippen LogP contribution in [0.1, 0.15) is 19.8 Å². The van der Waals surface area contributed by atoms with Gasteiger partial charge in [-0.3, -0.25) is 0 Å². The van der Waals surface area contributed by atoms with E-state index in [4.69, 9.17) is 0 Å². The number of likely N-dealkylation sites (N-methyl/N-ethyl adjacent to an activating group) is 3. The van der Waals surface area contributed by atoms with Gasteiger partial charge in [-0.15, -0.1) is 6.58 Å². The number of rotatable bonds is 4. The van der Waals surface area contributed by atoms with E-state index in [-0.39, 0.29) is 0 Å². The van der Waals surface area contributed by atoms with Crippen LogP contribution in [-0.2, 0) is 0 Å². The van der Waals surface area contributed by atoms with E-state index < -0.39 is 0 Å². The van der Waals surface area contributed by atoms with E-state index >= 15 is 0 Å². The van der Waals surface area contributed by atoms with Crippen molar-refractivity contribution in [1.82, 2.24) is 15.1 Å². The van der Waals surface area contributed by atoms with E-state index in [2.05, 4.69) is 49.8 Å². The van der Waals surface area contributed by atoms with Gasteiger partial charge in [0.1, 0.15) is 0 Å². The minimum Gasteiger partial charge on any atom is -0.315 e. The van der Waals surface area contributed by atoms with Gasteiger partial charge >= 0.3 is 0 Å². The average molecular weight is 225 g/mol. The molecule has 1 aliphatic heterocycles. The molecule has 1 heterocycles. The van der Waals surface area contributed by atoms with Crippen molar-refractivity contribution in [1.29, 1.82) is 0 Å². The van der Waals surface area contributed by atoms with E-state index in [1.807, 2.05) is 0 Å². The van der Waals surface area contributed by atoms with E-state index in [0.29, 0.717) is 12.1 Å². The summed E-state index contributed by atoms with van der Waals surface area (Å²) in [5.41, 5.74) is 1.26. The fourth-order valence-corrected chi connectivity index (χ4v) is 2.55. The molecule has 0 amide bonds. The van der Waals surface area contributed by atoms with Crippen LogP contribution in [0.15, 0.2) is 12.2 Å². The third-order valence-electron chi connectivity index (χ3n) is 3.52. The lowest BCUT2D eigenvalue weighted by molar-refractivity contribution is 0.181. The Labute approximate surface area is 100 Å². The second-order valence-corrected chi connectivity index (χ2v) is 5.22. The van der Waals surface area contributed by atoms with Crippen molar-refractivity contribution in [2.45, 2.75) is 31.8 Å². The molecular formula is C13H27N3. The van der Waals surface area contributed by atoms with Crippen LogP contribution in [0.25, 0.3) is 0 Å². The van der Waals surface area contributed by atoms with Crippen LogP contribution in [0.2, 0.25) is 0 Å². The number of nitrogens with zero attached hydrogens (tertiary/aromatic N) is 2. The van der Waals surface area contributed by atoms with Crippen LogP contribution in [0, 0.1) is 0 Å². The average Bonchev–Trinajstić information content (AvgIpc) is 2.37. The topological polar surface area (TPSA) is 18.5 Å². The third-order valence-corrected chi connectivity index (χ3v) is 3.52. The zero-order valence-corrected chi connectivity index (χ0v) is 11.3. The Kier molecular flexibility index (Phi) is 5.46. The van der Waals surface area contributed by atoms with Crippen LogP contribution in [0.4, 0.5) is 0 Å². The van der Waals surface area contributed by atoms with Gasteiger partial charge in [-0.05, 0) is 54.0 Å². The van der Waals surface area contributed by atoms with Gasteiger partial charge in [-0.25, -0.2) is 0 Å². The van der Waals surface area contributed by atoms with E-state index in [1.165, 1.54) is 25.1 Å². The smallest absolute Gasteiger partial charge is 0.0376 e. The first-order valence-electron chi connectivity index (χ1n) is 6.25. The van der Waals surface area contributed by atoms with Gasteiger partial charge in [0.15, 0.2) is 0 Å². The molecule has 94 valence electrons. The van der Waals surface area contributed by atoms with Gasteiger partial charge in [-0.2, -0.15) is 0 Å². The molecule has 0 saturated carbocycles. The molecule has 0 radical (unpaired) electrons. The molecule has 1 fully saturated rings. The third kappa shape index (κ3) is 3.89. The molecule has 2 atom stereocenters. The summed E-state index contributed by atoms with van der Waals surface area (Å²) in [5.74, 6) is 0. The Morgan fingerprint density at radius 1 is 1.44 bits per heavy atom. The lowest BCUT2D eigenvalue weighted by atomic mass is 10.00. The van der Waals surface area contributed by atoms with Crippen molar-refractivity contribution in [2.75, 3.05) is 40.8 Å². The lowest BCUT2D eigenvalue weighted by Crippen LogP contribution is -2.51. The molecule has 1 N–H and O–H groups in total. The highest BCUT2D eigenvalue weighted by molar-refractivity contribution is 4.98. The molecule has 0 aromatic carbocycles. The van der Waals surface area contributed by atoms with Crippen molar-refractivity contribution in [2.24, 2.45) is 0 Å². The van der Waals surface area contributed by atoms with Gasteiger partial charge in [0.05, 0.1) is 0 Å². The minimum atomic E-state index is 0.517. The van der Waals surface area contributed by atoms with Crippen LogP contribution in [-0.4, -0.2) is 62.7 Å². The summed E-state index contributed by atoms with van der Waals surface area (Å²) < 4.78 is 0. The quantitative estimate of drug-likeness (QED) is 0.725. The highest BCUT2D eigenvalue weighted by atomic mass is 15.2. The van der Waals surface area contributed by atoms with Crippen LogP contribution in [0.3, 0.4) is 0 Å². The fraction of sp³-hybridized carbons (Fsp3) is 0.846. The first-order chi connectivity index (χ1) is 7.54. The summed E-state index contributed by atoms with van der Waals surface area (Å²) >= 11 is 0. The Morgan fingerprint density at radius 2 is 2.12 bits per heavy atom. The molecule has 0 spiro atoms. The molecule has 0 aromatic heterocycles. The van der Waals surface area contributed by atoms with Crippen molar-refractivity contribution in [3.63, 3.8) is 0 Å². The lowest BCUT2D eigenvalue weighted by Gasteiger charge is -2.34. The highest BCUT2D eigenvalue weighted by Crippen LogP contribution is 2.15. The van der Waals surface area contributed by atoms with Gasteiger partial charge in [0, 0.05) is 18.6 Å². The Hall–Kier alpha value is -0.380. The molecule has 1 saturated heterocycles. The van der Waals surface area contributed by atoms with Crippen molar-refractivity contribution < 1.29 is 0 Å². The summed E-state index contributed by atoms with van der Waals surface area (Å²) in [6.07, 6.45) is 2.34. The largest absolute Gasteiger partial charge is 0.315 e. The van der Waals surface area contributed by atoms with Gasteiger partial charge in [-0.1, -0.05) is 5.57 Å². The van der Waals surface area contributed by atoms with Crippen molar-refractivity contribution in [3.05, 3.63) is 12.2 Å². The first kappa shape index (κ1) is 13.7. The van der Waals surface area contributed by atoms with Gasteiger partial charge < -0.3 is 15.1 Å². The SMILES string of the molecule is C=C(C)CC(NC)C1CN(C)CCCN1C. The van der Waals surface area contributed by atoms with E-state index in [9.17, 15) is 0 Å². The monoisotopic (exact) mass is 225 g/mol. The molecule has 0 bridgehead atoms. The second kappa shape index (κ2) is 6.38. The maximum absolute atomic E-state index is 4.03. The fourth-order valence-electron chi connectivity index (χ4n) is 2.55. The number of hydrogen-bond donors (Lipinski definition) is 1. The van der Waals surface area contributed by atoms with Crippen molar-refractivity contribution >= 4 is 0 Å². The maximum Gasteiger partial charge on any atom is 0.0376 e. The molecule has 3 heteroatoms. The number of hydrogen-bond acceptors (Lipinski definition) is 3. The van der Waals surface area contributed by atoms with Gasteiger partial charge in [0.25, 0.3) is 0 Å². The zero-order chi connectivity index (χ0) is 12.1. The van der Waals surface area contributed by atoms with Crippen LogP contribution in [0.5, 0.6) is 0 Å². The normalized spacial score (nSPS) is 26.4. The molecule has 3 nitrogen and oxygen atoms in total. The summed E-state index contributed by atoms with van der Waals surface area (Å²) in [4.78, 5) is 4.94. The Balaban J connectivity index is 2.67. The predicted octanol–water partition coefficient (Wildman–Crippen LogP) is 1.18. The molecule has 1 rings (SSSR count).